The van der Waals surface area contributed by atoms with Gasteiger partial charge in [-0.1, -0.05) is 25.4 Å². The Morgan fingerprint density at radius 3 is 2.45 bits per heavy atom. The van der Waals surface area contributed by atoms with Gasteiger partial charge in [-0.15, -0.1) is 0 Å². The number of piperidine rings is 1. The first kappa shape index (κ1) is 26.3. The quantitative estimate of drug-likeness (QED) is 0.623. The number of ether oxygens (including phenoxy) is 1. The Morgan fingerprint density at radius 2 is 1.90 bits per heavy atom. The van der Waals surface area contributed by atoms with Gasteiger partial charge in [-0.25, -0.2) is 24.1 Å². The van der Waals surface area contributed by atoms with Gasteiger partial charge in [0.25, 0.3) is 5.91 Å². The van der Waals surface area contributed by atoms with Crippen LogP contribution in [0, 0.1) is 0 Å². The SMILES string of the molecule is CC.CC(C)(C)OC(=O)N1CCCC(F)C1.NC(=O)c1cc(Cl)nc2c(N)ncnc12. The first-order chi connectivity index (χ1) is 14.5. The highest BCUT2D eigenvalue weighted by Crippen LogP contribution is 2.21. The van der Waals surface area contributed by atoms with Gasteiger partial charge in [-0.3, -0.25) is 4.79 Å². The van der Waals surface area contributed by atoms with Crippen molar-refractivity contribution in [3.63, 3.8) is 0 Å². The normalized spacial score (nSPS) is 15.8. The number of pyridine rings is 1. The molecule has 2 aromatic heterocycles. The summed E-state index contributed by atoms with van der Waals surface area (Å²) in [6, 6.07) is 1.35. The van der Waals surface area contributed by atoms with Gasteiger partial charge >= 0.3 is 6.09 Å². The number of nitrogens with zero attached hydrogens (tertiary/aromatic N) is 4. The fourth-order valence-electron chi connectivity index (χ4n) is 2.63. The third kappa shape index (κ3) is 8.12. The number of fused-ring (bicyclic) bond motifs is 1. The fourth-order valence-corrected chi connectivity index (χ4v) is 2.83. The van der Waals surface area contributed by atoms with E-state index in [-0.39, 0.29) is 28.6 Å². The van der Waals surface area contributed by atoms with Crippen LogP contribution < -0.4 is 11.5 Å². The van der Waals surface area contributed by atoms with Crippen molar-refractivity contribution in [1.82, 2.24) is 19.9 Å². The molecule has 2 amide bonds. The highest BCUT2D eigenvalue weighted by molar-refractivity contribution is 6.30. The maximum absolute atomic E-state index is 13.0. The van der Waals surface area contributed by atoms with Crippen LogP contribution in [0.3, 0.4) is 0 Å². The molecule has 0 spiro atoms. The molecule has 2 aromatic rings. The monoisotopic (exact) mass is 456 g/mol. The lowest BCUT2D eigenvalue weighted by Gasteiger charge is -2.31. The molecule has 0 saturated carbocycles. The Kier molecular flexibility index (Phi) is 9.83. The van der Waals surface area contributed by atoms with E-state index in [0.717, 1.165) is 6.42 Å². The Morgan fingerprint density at radius 1 is 1.26 bits per heavy atom. The van der Waals surface area contributed by atoms with E-state index in [2.05, 4.69) is 15.0 Å². The predicted molar refractivity (Wildman–Crippen MR) is 119 cm³/mol. The number of primary amides is 1. The number of rotatable bonds is 1. The molecule has 0 bridgehead atoms. The summed E-state index contributed by atoms with van der Waals surface area (Å²) in [6.45, 7) is 10.2. The zero-order valence-corrected chi connectivity index (χ0v) is 19.2. The van der Waals surface area contributed by atoms with Gasteiger partial charge in [0.15, 0.2) is 5.82 Å². The highest BCUT2D eigenvalue weighted by Gasteiger charge is 2.27. The first-order valence-electron chi connectivity index (χ1n) is 9.96. The van der Waals surface area contributed by atoms with E-state index < -0.39 is 23.8 Å². The number of alkyl halides is 1. The Labute approximate surface area is 186 Å². The number of halogens is 2. The Hall–Kier alpha value is -2.75. The Bertz CT molecular complexity index is 906. The number of carbonyl (C=O) groups excluding carboxylic acids is 2. The number of hydrogen-bond donors (Lipinski definition) is 2. The summed E-state index contributed by atoms with van der Waals surface area (Å²) < 4.78 is 18.1. The molecule has 0 aromatic carbocycles. The van der Waals surface area contributed by atoms with Crippen LogP contribution in [0.15, 0.2) is 12.4 Å². The molecular weight excluding hydrogens is 427 g/mol. The number of carbonyl (C=O) groups is 2. The average molecular weight is 457 g/mol. The molecule has 3 heterocycles. The van der Waals surface area contributed by atoms with Crippen LogP contribution in [0.5, 0.6) is 0 Å². The smallest absolute Gasteiger partial charge is 0.410 e. The van der Waals surface area contributed by atoms with Gasteiger partial charge < -0.3 is 21.1 Å². The minimum absolute atomic E-state index is 0.123. The van der Waals surface area contributed by atoms with E-state index in [9.17, 15) is 14.0 Å². The van der Waals surface area contributed by atoms with Gasteiger partial charge in [0.05, 0.1) is 12.1 Å². The van der Waals surface area contributed by atoms with Crippen LogP contribution in [0.1, 0.15) is 57.8 Å². The molecule has 1 unspecified atom stereocenters. The summed E-state index contributed by atoms with van der Waals surface area (Å²) in [5.74, 6) is -0.479. The zero-order chi connectivity index (χ0) is 23.8. The number of amides is 2. The van der Waals surface area contributed by atoms with E-state index in [1.54, 1.807) is 0 Å². The number of aromatic nitrogens is 3. The molecule has 31 heavy (non-hydrogen) atoms. The van der Waals surface area contributed by atoms with Crippen LogP contribution in [0.25, 0.3) is 11.0 Å². The topological polar surface area (TPSA) is 137 Å². The van der Waals surface area contributed by atoms with Crippen LogP contribution >= 0.6 is 11.6 Å². The van der Waals surface area contributed by atoms with Gasteiger partial charge in [-0.05, 0) is 39.7 Å². The van der Waals surface area contributed by atoms with Crippen molar-refractivity contribution < 1.29 is 18.7 Å². The summed E-state index contributed by atoms with van der Waals surface area (Å²) in [6.07, 6.45) is 1.22. The third-order valence-corrected chi connectivity index (χ3v) is 4.06. The van der Waals surface area contributed by atoms with Crippen molar-refractivity contribution >= 4 is 40.5 Å². The summed E-state index contributed by atoms with van der Waals surface area (Å²) in [4.78, 5) is 35.6. The predicted octanol–water partition coefficient (Wildman–Crippen LogP) is 3.74. The third-order valence-electron chi connectivity index (χ3n) is 3.87. The molecule has 1 aliphatic heterocycles. The summed E-state index contributed by atoms with van der Waals surface area (Å²) in [5.41, 5.74) is 11.0. The van der Waals surface area contributed by atoms with Crippen molar-refractivity contribution in [1.29, 1.82) is 0 Å². The first-order valence-corrected chi connectivity index (χ1v) is 10.3. The lowest BCUT2D eigenvalue weighted by molar-refractivity contribution is 0.0139. The van der Waals surface area contributed by atoms with E-state index in [0.29, 0.717) is 18.5 Å². The summed E-state index contributed by atoms with van der Waals surface area (Å²) in [5, 5.41) is 0.123. The largest absolute Gasteiger partial charge is 0.444 e. The van der Waals surface area contributed by atoms with Gasteiger partial charge in [0, 0.05) is 6.54 Å². The molecular formula is C20H30ClFN6O3. The second kappa shape index (κ2) is 11.6. The van der Waals surface area contributed by atoms with E-state index in [1.807, 2.05) is 34.6 Å². The zero-order valence-electron chi connectivity index (χ0n) is 18.5. The molecule has 4 N–H and O–H groups in total. The number of nitrogens with two attached hydrogens (primary N) is 2. The molecule has 1 aliphatic rings. The number of anilines is 1. The summed E-state index contributed by atoms with van der Waals surface area (Å²) >= 11 is 5.71. The van der Waals surface area contributed by atoms with Crippen molar-refractivity contribution in [2.75, 3.05) is 18.8 Å². The van der Waals surface area contributed by atoms with Crippen LogP contribution in [0.4, 0.5) is 15.0 Å². The second-order valence-corrected chi connectivity index (χ2v) is 7.87. The molecule has 0 radical (unpaired) electrons. The maximum Gasteiger partial charge on any atom is 0.410 e. The second-order valence-electron chi connectivity index (χ2n) is 7.48. The molecule has 3 rings (SSSR count). The van der Waals surface area contributed by atoms with Gasteiger partial charge in [0.1, 0.15) is 34.3 Å². The number of nitrogen functional groups attached to an aromatic ring is 1. The molecule has 1 saturated heterocycles. The highest BCUT2D eigenvalue weighted by atomic mass is 35.5. The van der Waals surface area contributed by atoms with Crippen LogP contribution in [0.2, 0.25) is 5.15 Å². The average Bonchev–Trinajstić information content (AvgIpc) is 2.69. The number of likely N-dealkylation sites (tertiary alicyclic amines) is 1. The molecule has 0 aliphatic carbocycles. The van der Waals surface area contributed by atoms with E-state index in [1.165, 1.54) is 17.3 Å². The number of hydrogen-bond acceptors (Lipinski definition) is 7. The van der Waals surface area contributed by atoms with Crippen molar-refractivity contribution in [2.24, 2.45) is 5.73 Å². The molecule has 9 nitrogen and oxygen atoms in total. The Balaban J connectivity index is 0.000000288. The van der Waals surface area contributed by atoms with Crippen molar-refractivity contribution in [2.45, 2.75) is 59.2 Å². The molecule has 1 atom stereocenters. The molecule has 11 heteroatoms. The molecule has 1 fully saturated rings. The van der Waals surface area contributed by atoms with Crippen LogP contribution in [-0.4, -0.2) is 56.7 Å². The standard InChI is InChI=1S/C10H18FNO2.C8H6ClN5O.C2H6/c1-10(2,3)14-9(13)12-6-4-5-8(11)7-12;9-4-1-3(8(11)15)5-6(14-4)7(10)13-2-12-5;1-2/h8H,4-7H2,1-3H3;1-2H,(H2,11,15)(H2,10,12,13);1-2H3. The maximum atomic E-state index is 13.0. The molecule has 172 valence electrons. The van der Waals surface area contributed by atoms with Crippen molar-refractivity contribution in [3.05, 3.63) is 23.1 Å². The summed E-state index contributed by atoms with van der Waals surface area (Å²) in [7, 11) is 0. The fraction of sp³-hybridized carbons (Fsp3) is 0.550. The minimum atomic E-state index is -0.892. The van der Waals surface area contributed by atoms with Gasteiger partial charge in [0.2, 0.25) is 0 Å². The van der Waals surface area contributed by atoms with E-state index >= 15 is 0 Å². The minimum Gasteiger partial charge on any atom is -0.444 e. The van der Waals surface area contributed by atoms with E-state index in [4.69, 9.17) is 27.8 Å². The lowest BCUT2D eigenvalue weighted by atomic mass is 10.1. The lowest BCUT2D eigenvalue weighted by Crippen LogP contribution is -2.43. The van der Waals surface area contributed by atoms with Crippen LogP contribution in [-0.2, 0) is 4.74 Å². The van der Waals surface area contributed by atoms with Crippen molar-refractivity contribution in [3.8, 4) is 0 Å². The van der Waals surface area contributed by atoms with Gasteiger partial charge in [-0.2, -0.15) is 0 Å².